The summed E-state index contributed by atoms with van der Waals surface area (Å²) in [5.74, 6) is 1.09. The second-order valence-corrected chi connectivity index (χ2v) is 10.2. The molecular formula is C22H39N2O3+. The zero-order valence-corrected chi connectivity index (χ0v) is 18.7. The molecule has 154 valence electrons. The van der Waals surface area contributed by atoms with Crippen molar-refractivity contribution in [2.24, 2.45) is 5.41 Å². The molecular weight excluding hydrogens is 340 g/mol. The zero-order valence-electron chi connectivity index (χ0n) is 18.7. The summed E-state index contributed by atoms with van der Waals surface area (Å²) < 4.78 is 11.1. The maximum atomic E-state index is 11.9. The van der Waals surface area contributed by atoms with Crippen LogP contribution in [0.5, 0.6) is 11.5 Å². The van der Waals surface area contributed by atoms with E-state index in [-0.39, 0.29) is 23.6 Å². The highest BCUT2D eigenvalue weighted by Gasteiger charge is 2.28. The summed E-state index contributed by atoms with van der Waals surface area (Å²) >= 11 is 0. The van der Waals surface area contributed by atoms with Crippen LogP contribution in [0.3, 0.4) is 0 Å². The minimum atomic E-state index is -0.274. The van der Waals surface area contributed by atoms with Crippen LogP contribution < -0.4 is 20.1 Å². The molecule has 5 heteroatoms. The molecule has 1 amide bonds. The maximum Gasteiger partial charge on any atom is 0.258 e. The molecule has 5 nitrogen and oxygen atoms in total. The summed E-state index contributed by atoms with van der Waals surface area (Å²) in [6.45, 7) is 18.0. The molecule has 1 aromatic rings. The molecule has 1 rings (SSSR count). The average molecular weight is 380 g/mol. The van der Waals surface area contributed by atoms with Crippen LogP contribution >= 0.6 is 0 Å². The summed E-state index contributed by atoms with van der Waals surface area (Å²) in [7, 11) is 1.62. The molecule has 0 bridgehead atoms. The number of carbonyl (C=O) groups excluding carboxylic acids is 1. The van der Waals surface area contributed by atoms with E-state index >= 15 is 0 Å². The van der Waals surface area contributed by atoms with Gasteiger partial charge in [0.25, 0.3) is 5.91 Å². The van der Waals surface area contributed by atoms with Crippen molar-refractivity contribution in [1.29, 1.82) is 0 Å². The standard InChI is InChI=1S/C22H38N2O3/c1-20(2,3)15-22(7,8)23-13-16-10-11-17(18(12-16)26-9)27-14-19(25)24-21(4,5)6/h10-12,23H,13-15H2,1-9H3,(H,24,25)/p+1. The van der Waals surface area contributed by atoms with Crippen LogP contribution in [0.4, 0.5) is 0 Å². The number of hydrogen-bond acceptors (Lipinski definition) is 3. The second kappa shape index (κ2) is 8.96. The molecule has 0 aliphatic carbocycles. The van der Waals surface area contributed by atoms with Gasteiger partial charge in [0.05, 0.1) is 12.6 Å². The SMILES string of the molecule is COc1cc(C[NH2+]C(C)(C)CC(C)(C)C)ccc1OCC(=O)NC(C)(C)C. The van der Waals surface area contributed by atoms with E-state index in [0.717, 1.165) is 13.0 Å². The van der Waals surface area contributed by atoms with E-state index < -0.39 is 0 Å². The number of amides is 1. The Balaban J connectivity index is 2.70. The molecule has 0 spiro atoms. The van der Waals surface area contributed by atoms with E-state index in [1.165, 1.54) is 5.56 Å². The van der Waals surface area contributed by atoms with Crippen molar-refractivity contribution in [3.8, 4) is 11.5 Å². The number of nitrogens with one attached hydrogen (secondary N) is 1. The predicted molar refractivity (Wildman–Crippen MR) is 110 cm³/mol. The van der Waals surface area contributed by atoms with Crippen LogP contribution in [0.15, 0.2) is 18.2 Å². The van der Waals surface area contributed by atoms with Crippen LogP contribution in [0.25, 0.3) is 0 Å². The zero-order chi connectivity index (χ0) is 20.9. The molecule has 0 aliphatic rings. The second-order valence-electron chi connectivity index (χ2n) is 10.2. The molecule has 0 aliphatic heterocycles. The monoisotopic (exact) mass is 379 g/mol. The molecule has 3 N–H and O–H groups in total. The Hall–Kier alpha value is -1.75. The van der Waals surface area contributed by atoms with Gasteiger partial charge in [-0.3, -0.25) is 4.79 Å². The summed E-state index contributed by atoms with van der Waals surface area (Å²) in [5, 5.41) is 5.25. The molecule has 0 radical (unpaired) electrons. The molecule has 0 saturated heterocycles. The van der Waals surface area contributed by atoms with Crippen LogP contribution in [-0.2, 0) is 11.3 Å². The molecule has 0 aromatic heterocycles. The Morgan fingerprint density at radius 2 is 1.67 bits per heavy atom. The Bertz CT molecular complexity index is 625. The molecule has 0 saturated carbocycles. The molecule has 0 atom stereocenters. The number of ether oxygens (including phenoxy) is 2. The summed E-state index contributed by atoms with van der Waals surface area (Å²) in [6.07, 6.45) is 1.13. The number of carbonyl (C=O) groups is 1. The van der Waals surface area contributed by atoms with Gasteiger partial charge in [0.2, 0.25) is 0 Å². The normalized spacial score (nSPS) is 12.6. The van der Waals surface area contributed by atoms with Gasteiger partial charge in [-0.1, -0.05) is 20.8 Å². The smallest absolute Gasteiger partial charge is 0.258 e. The first-order chi connectivity index (χ1) is 12.2. The quantitative estimate of drug-likeness (QED) is 0.729. The van der Waals surface area contributed by atoms with Crippen molar-refractivity contribution in [3.05, 3.63) is 23.8 Å². The van der Waals surface area contributed by atoms with Crippen LogP contribution in [0.1, 0.15) is 67.4 Å². The van der Waals surface area contributed by atoms with E-state index in [1.54, 1.807) is 7.11 Å². The van der Waals surface area contributed by atoms with E-state index in [4.69, 9.17) is 9.47 Å². The van der Waals surface area contributed by atoms with E-state index in [1.807, 2.05) is 39.0 Å². The first-order valence-corrected chi connectivity index (χ1v) is 9.66. The molecule has 1 aromatic carbocycles. The van der Waals surface area contributed by atoms with Crippen LogP contribution in [0, 0.1) is 5.41 Å². The number of quaternary nitrogens is 1. The van der Waals surface area contributed by atoms with Crippen molar-refractivity contribution >= 4 is 5.91 Å². The minimum absolute atomic E-state index is 0.0300. The highest BCUT2D eigenvalue weighted by Crippen LogP contribution is 2.28. The Kier molecular flexibility index (Phi) is 7.73. The van der Waals surface area contributed by atoms with Gasteiger partial charge in [-0.25, -0.2) is 0 Å². The Labute approximate surface area is 165 Å². The Morgan fingerprint density at radius 1 is 1.04 bits per heavy atom. The van der Waals surface area contributed by atoms with Crippen molar-refractivity contribution in [1.82, 2.24) is 5.32 Å². The lowest BCUT2D eigenvalue weighted by atomic mass is 9.82. The summed E-state index contributed by atoms with van der Waals surface area (Å²) in [5.41, 5.74) is 1.35. The third-order valence-electron chi connectivity index (χ3n) is 3.98. The summed E-state index contributed by atoms with van der Waals surface area (Å²) in [6, 6.07) is 5.90. The van der Waals surface area contributed by atoms with Gasteiger partial charge in [-0.05, 0) is 58.2 Å². The van der Waals surface area contributed by atoms with Gasteiger partial charge < -0.3 is 20.1 Å². The maximum absolute atomic E-state index is 11.9. The summed E-state index contributed by atoms with van der Waals surface area (Å²) in [4.78, 5) is 11.9. The van der Waals surface area contributed by atoms with E-state index in [2.05, 4.69) is 45.3 Å². The topological polar surface area (TPSA) is 64.2 Å². The van der Waals surface area contributed by atoms with Crippen molar-refractivity contribution in [3.63, 3.8) is 0 Å². The van der Waals surface area contributed by atoms with Gasteiger partial charge in [-0.2, -0.15) is 0 Å². The van der Waals surface area contributed by atoms with Crippen molar-refractivity contribution < 1.29 is 19.6 Å². The number of hydrogen-bond donors (Lipinski definition) is 2. The van der Waals surface area contributed by atoms with Gasteiger partial charge in [0.15, 0.2) is 18.1 Å². The van der Waals surface area contributed by atoms with Crippen molar-refractivity contribution in [2.75, 3.05) is 13.7 Å². The predicted octanol–water partition coefficient (Wildman–Crippen LogP) is 3.27. The molecule has 27 heavy (non-hydrogen) atoms. The van der Waals surface area contributed by atoms with Gasteiger partial charge in [0, 0.05) is 17.5 Å². The van der Waals surface area contributed by atoms with E-state index in [0.29, 0.717) is 16.9 Å². The van der Waals surface area contributed by atoms with Crippen LogP contribution in [-0.4, -0.2) is 30.7 Å². The first-order valence-electron chi connectivity index (χ1n) is 9.66. The lowest BCUT2D eigenvalue weighted by Gasteiger charge is -2.30. The average Bonchev–Trinajstić information content (AvgIpc) is 2.47. The fourth-order valence-electron chi connectivity index (χ4n) is 3.39. The Morgan fingerprint density at radius 3 is 2.19 bits per heavy atom. The molecule has 0 unspecified atom stereocenters. The largest absolute Gasteiger partial charge is 0.493 e. The van der Waals surface area contributed by atoms with E-state index in [9.17, 15) is 4.79 Å². The third-order valence-corrected chi connectivity index (χ3v) is 3.98. The highest BCUT2D eigenvalue weighted by atomic mass is 16.5. The fraction of sp³-hybridized carbons (Fsp3) is 0.682. The lowest BCUT2D eigenvalue weighted by molar-refractivity contribution is -0.737. The number of rotatable bonds is 8. The van der Waals surface area contributed by atoms with Gasteiger partial charge in [0.1, 0.15) is 6.54 Å². The van der Waals surface area contributed by atoms with Gasteiger partial charge >= 0.3 is 0 Å². The number of nitrogens with two attached hydrogens (primary N) is 1. The first kappa shape index (κ1) is 23.3. The minimum Gasteiger partial charge on any atom is -0.493 e. The number of benzene rings is 1. The highest BCUT2D eigenvalue weighted by molar-refractivity contribution is 5.78. The van der Waals surface area contributed by atoms with Gasteiger partial charge in [-0.15, -0.1) is 0 Å². The fourth-order valence-corrected chi connectivity index (χ4v) is 3.39. The van der Waals surface area contributed by atoms with Crippen LogP contribution in [0.2, 0.25) is 0 Å². The number of methoxy groups -OCH3 is 1. The molecule has 0 heterocycles. The van der Waals surface area contributed by atoms with Crippen molar-refractivity contribution in [2.45, 2.75) is 79.4 Å². The lowest BCUT2D eigenvalue weighted by Crippen LogP contribution is -2.94. The third kappa shape index (κ3) is 9.66. The molecule has 0 fully saturated rings.